The maximum absolute atomic E-state index is 9.64. The molecule has 0 atom stereocenters. The first-order valence-corrected chi connectivity index (χ1v) is 5.44. The number of rotatable bonds is 4. The largest absolute Gasteiger partial charge is 0.504 e. The first kappa shape index (κ1) is 11.3. The van der Waals surface area contributed by atoms with Gasteiger partial charge in [-0.1, -0.05) is 24.3 Å². The first-order valence-electron chi connectivity index (χ1n) is 5.44. The normalized spacial score (nSPS) is 9.94. The van der Waals surface area contributed by atoms with Crippen molar-refractivity contribution >= 4 is 5.69 Å². The van der Waals surface area contributed by atoms with Crippen LogP contribution >= 0.6 is 0 Å². The van der Waals surface area contributed by atoms with E-state index < -0.39 is 0 Å². The molecule has 2 rings (SSSR count). The molecule has 0 aliphatic rings. The summed E-state index contributed by atoms with van der Waals surface area (Å²) in [4.78, 5) is 0. The topological polar surface area (TPSA) is 41.5 Å². The number of methoxy groups -OCH3 is 1. The van der Waals surface area contributed by atoms with E-state index in [0.717, 1.165) is 11.3 Å². The van der Waals surface area contributed by atoms with Crippen molar-refractivity contribution < 1.29 is 9.84 Å². The fraction of sp³-hybridized carbons (Fsp3) is 0.143. The van der Waals surface area contributed by atoms with Gasteiger partial charge in [-0.05, 0) is 29.8 Å². The van der Waals surface area contributed by atoms with Crippen molar-refractivity contribution in [2.24, 2.45) is 0 Å². The lowest BCUT2D eigenvalue weighted by molar-refractivity contribution is 0.373. The summed E-state index contributed by atoms with van der Waals surface area (Å²) in [5.74, 6) is 0.660. The molecule has 0 saturated carbocycles. The van der Waals surface area contributed by atoms with E-state index in [9.17, 15) is 5.11 Å². The van der Waals surface area contributed by atoms with Crippen molar-refractivity contribution in [1.82, 2.24) is 0 Å². The zero-order chi connectivity index (χ0) is 12.1. The Hall–Kier alpha value is -2.16. The lowest BCUT2D eigenvalue weighted by Crippen LogP contribution is -1.99. The Balaban J connectivity index is 2.02. The summed E-state index contributed by atoms with van der Waals surface area (Å²) in [6, 6.07) is 15.3. The molecule has 0 aromatic heterocycles. The van der Waals surface area contributed by atoms with Crippen molar-refractivity contribution in [3.8, 4) is 11.5 Å². The quantitative estimate of drug-likeness (QED) is 0.846. The minimum Gasteiger partial charge on any atom is -0.504 e. The average molecular weight is 229 g/mol. The molecule has 17 heavy (non-hydrogen) atoms. The van der Waals surface area contributed by atoms with Crippen LogP contribution < -0.4 is 10.1 Å². The second-order valence-electron chi connectivity index (χ2n) is 3.73. The van der Waals surface area contributed by atoms with E-state index in [4.69, 9.17) is 4.74 Å². The van der Waals surface area contributed by atoms with Gasteiger partial charge in [0, 0.05) is 12.2 Å². The minimum atomic E-state index is 0.167. The summed E-state index contributed by atoms with van der Waals surface area (Å²) < 4.78 is 4.99. The number of anilines is 1. The Labute approximate surface area is 101 Å². The third kappa shape index (κ3) is 2.91. The van der Waals surface area contributed by atoms with Gasteiger partial charge in [0.1, 0.15) is 0 Å². The molecule has 88 valence electrons. The van der Waals surface area contributed by atoms with Gasteiger partial charge in [-0.3, -0.25) is 0 Å². The molecule has 3 heteroatoms. The Morgan fingerprint density at radius 1 is 1.12 bits per heavy atom. The van der Waals surface area contributed by atoms with Crippen LogP contribution in [0, 0.1) is 0 Å². The first-order chi connectivity index (χ1) is 8.29. The Kier molecular flexibility index (Phi) is 3.50. The number of aromatic hydroxyl groups is 1. The van der Waals surface area contributed by atoms with Crippen LogP contribution in [0.15, 0.2) is 48.5 Å². The maximum Gasteiger partial charge on any atom is 0.160 e. The smallest absolute Gasteiger partial charge is 0.160 e. The summed E-state index contributed by atoms with van der Waals surface area (Å²) >= 11 is 0. The Bertz CT molecular complexity index is 483. The number of benzene rings is 2. The number of ether oxygens (including phenoxy) is 1. The second-order valence-corrected chi connectivity index (χ2v) is 3.73. The van der Waals surface area contributed by atoms with E-state index in [-0.39, 0.29) is 5.75 Å². The van der Waals surface area contributed by atoms with Gasteiger partial charge in [-0.15, -0.1) is 0 Å². The number of phenolic OH excluding ortho intramolecular Hbond substituents is 1. The van der Waals surface area contributed by atoms with Crippen LogP contribution in [-0.4, -0.2) is 12.2 Å². The van der Waals surface area contributed by atoms with Gasteiger partial charge < -0.3 is 15.2 Å². The molecule has 3 nitrogen and oxygen atoms in total. The van der Waals surface area contributed by atoms with E-state index in [0.29, 0.717) is 12.3 Å². The number of phenols is 1. The summed E-state index contributed by atoms with van der Waals surface area (Å²) in [5, 5.41) is 12.9. The van der Waals surface area contributed by atoms with Crippen LogP contribution in [0.5, 0.6) is 11.5 Å². The zero-order valence-corrected chi connectivity index (χ0v) is 9.68. The van der Waals surface area contributed by atoms with Crippen molar-refractivity contribution in [1.29, 1.82) is 0 Å². The highest BCUT2D eigenvalue weighted by atomic mass is 16.5. The third-order valence-electron chi connectivity index (χ3n) is 2.51. The maximum atomic E-state index is 9.64. The fourth-order valence-corrected chi connectivity index (χ4v) is 1.61. The minimum absolute atomic E-state index is 0.167. The van der Waals surface area contributed by atoms with Crippen molar-refractivity contribution in [2.45, 2.75) is 6.54 Å². The number of nitrogens with one attached hydrogen (secondary N) is 1. The summed E-state index contributed by atoms with van der Waals surface area (Å²) in [7, 11) is 1.54. The Morgan fingerprint density at radius 3 is 2.53 bits per heavy atom. The number of para-hydroxylation sites is 1. The average Bonchev–Trinajstić information content (AvgIpc) is 2.38. The molecule has 2 aromatic rings. The lowest BCUT2D eigenvalue weighted by Gasteiger charge is -2.08. The standard InChI is InChI=1S/C14H15NO2/c1-17-14-8-7-11(9-13(14)16)10-15-12-5-3-2-4-6-12/h2-9,15-16H,10H2,1H3. The third-order valence-corrected chi connectivity index (χ3v) is 2.51. The molecule has 2 aromatic carbocycles. The van der Waals surface area contributed by atoms with Crippen LogP contribution in [-0.2, 0) is 6.54 Å². The van der Waals surface area contributed by atoms with Gasteiger partial charge in [0.15, 0.2) is 11.5 Å². The predicted molar refractivity (Wildman–Crippen MR) is 68.4 cm³/mol. The molecule has 0 unspecified atom stereocenters. The number of hydrogen-bond acceptors (Lipinski definition) is 3. The highest BCUT2D eigenvalue weighted by molar-refractivity contribution is 5.46. The van der Waals surface area contributed by atoms with Crippen molar-refractivity contribution in [2.75, 3.05) is 12.4 Å². The molecular formula is C14H15NO2. The number of hydrogen-bond donors (Lipinski definition) is 2. The van der Waals surface area contributed by atoms with E-state index >= 15 is 0 Å². The van der Waals surface area contributed by atoms with Gasteiger partial charge in [-0.25, -0.2) is 0 Å². The van der Waals surface area contributed by atoms with Gasteiger partial charge in [0.25, 0.3) is 0 Å². The van der Waals surface area contributed by atoms with Crippen LogP contribution in [0.25, 0.3) is 0 Å². The second kappa shape index (κ2) is 5.25. The van der Waals surface area contributed by atoms with E-state index in [2.05, 4.69) is 5.32 Å². The van der Waals surface area contributed by atoms with Crippen LogP contribution in [0.1, 0.15) is 5.56 Å². The molecule has 0 aliphatic carbocycles. The summed E-state index contributed by atoms with van der Waals surface area (Å²) in [6.07, 6.45) is 0. The zero-order valence-electron chi connectivity index (χ0n) is 9.68. The van der Waals surface area contributed by atoms with E-state index in [1.54, 1.807) is 12.1 Å². The molecule has 0 saturated heterocycles. The highest BCUT2D eigenvalue weighted by Gasteiger charge is 2.02. The molecule has 0 radical (unpaired) electrons. The Morgan fingerprint density at radius 2 is 1.88 bits per heavy atom. The van der Waals surface area contributed by atoms with E-state index in [1.165, 1.54) is 7.11 Å². The summed E-state index contributed by atoms with van der Waals surface area (Å²) in [5.41, 5.74) is 2.06. The SMILES string of the molecule is COc1ccc(CNc2ccccc2)cc1O. The van der Waals surface area contributed by atoms with Crippen LogP contribution in [0.3, 0.4) is 0 Å². The molecular weight excluding hydrogens is 214 g/mol. The van der Waals surface area contributed by atoms with Crippen molar-refractivity contribution in [3.63, 3.8) is 0 Å². The van der Waals surface area contributed by atoms with Gasteiger partial charge >= 0.3 is 0 Å². The van der Waals surface area contributed by atoms with Gasteiger partial charge in [-0.2, -0.15) is 0 Å². The molecule has 0 fully saturated rings. The van der Waals surface area contributed by atoms with Crippen LogP contribution in [0.2, 0.25) is 0 Å². The van der Waals surface area contributed by atoms with Gasteiger partial charge in [0.2, 0.25) is 0 Å². The van der Waals surface area contributed by atoms with Gasteiger partial charge in [0.05, 0.1) is 7.11 Å². The summed E-state index contributed by atoms with van der Waals surface area (Å²) in [6.45, 7) is 0.668. The molecule has 0 spiro atoms. The van der Waals surface area contributed by atoms with Crippen LogP contribution in [0.4, 0.5) is 5.69 Å². The molecule has 0 aliphatic heterocycles. The lowest BCUT2D eigenvalue weighted by atomic mass is 10.2. The molecule has 0 bridgehead atoms. The molecule has 0 amide bonds. The van der Waals surface area contributed by atoms with E-state index in [1.807, 2.05) is 36.4 Å². The molecule has 2 N–H and O–H groups in total. The monoisotopic (exact) mass is 229 g/mol. The molecule has 0 heterocycles. The predicted octanol–water partition coefficient (Wildman–Crippen LogP) is 3.01. The fourth-order valence-electron chi connectivity index (χ4n) is 1.61. The van der Waals surface area contributed by atoms with Crippen molar-refractivity contribution in [3.05, 3.63) is 54.1 Å². The highest BCUT2D eigenvalue weighted by Crippen LogP contribution is 2.26.